The van der Waals surface area contributed by atoms with Gasteiger partial charge < -0.3 is 15.8 Å². The zero-order valence-electron chi connectivity index (χ0n) is 9.80. The van der Waals surface area contributed by atoms with E-state index in [1.165, 1.54) is 32.2 Å². The molecule has 1 heterocycles. The Balaban J connectivity index is 1.59. The van der Waals surface area contributed by atoms with Crippen LogP contribution in [0.25, 0.3) is 0 Å². The van der Waals surface area contributed by atoms with Crippen molar-refractivity contribution in [2.45, 2.75) is 51.2 Å². The molecule has 3 N–H and O–H groups in total. The van der Waals surface area contributed by atoms with Crippen molar-refractivity contribution in [2.75, 3.05) is 19.6 Å². The Kier molecular flexibility index (Phi) is 3.65. The van der Waals surface area contributed by atoms with E-state index in [-0.39, 0.29) is 0 Å². The first-order valence-corrected chi connectivity index (χ1v) is 6.34. The molecule has 0 spiro atoms. The standard InChI is InChI=1S/C12H24N2O/c1-2-12(5-6-12)9-14-8-11-4-3-10(7-13)15-11/h10-11,14H,2-9,13H2,1H3. The van der Waals surface area contributed by atoms with E-state index in [0.717, 1.165) is 13.0 Å². The molecule has 2 unspecified atom stereocenters. The fraction of sp³-hybridized carbons (Fsp3) is 1.00. The molecular weight excluding hydrogens is 188 g/mol. The second-order valence-electron chi connectivity index (χ2n) is 5.18. The van der Waals surface area contributed by atoms with Crippen molar-refractivity contribution in [2.24, 2.45) is 11.1 Å². The molecule has 88 valence electrons. The summed E-state index contributed by atoms with van der Waals surface area (Å²) in [5.41, 5.74) is 6.22. The third-order valence-corrected chi connectivity index (χ3v) is 4.04. The van der Waals surface area contributed by atoms with E-state index in [1.807, 2.05) is 0 Å². The lowest BCUT2D eigenvalue weighted by Gasteiger charge is -2.17. The molecule has 0 aromatic carbocycles. The summed E-state index contributed by atoms with van der Waals surface area (Å²) in [7, 11) is 0. The maximum atomic E-state index is 5.79. The van der Waals surface area contributed by atoms with Crippen LogP contribution in [0.2, 0.25) is 0 Å². The van der Waals surface area contributed by atoms with Crippen LogP contribution < -0.4 is 11.1 Å². The molecule has 0 bridgehead atoms. The highest BCUT2D eigenvalue weighted by molar-refractivity contribution is 4.93. The Hall–Kier alpha value is -0.120. The van der Waals surface area contributed by atoms with Gasteiger partial charge in [0.05, 0.1) is 12.2 Å². The first-order valence-electron chi connectivity index (χ1n) is 6.34. The van der Waals surface area contributed by atoms with Gasteiger partial charge in [-0.3, -0.25) is 0 Å². The summed E-state index contributed by atoms with van der Waals surface area (Å²) >= 11 is 0. The molecule has 1 saturated heterocycles. The van der Waals surface area contributed by atoms with Crippen LogP contribution in [0.4, 0.5) is 0 Å². The minimum atomic E-state index is 0.317. The zero-order valence-corrected chi connectivity index (χ0v) is 9.80. The lowest BCUT2D eigenvalue weighted by atomic mass is 10.0. The highest BCUT2D eigenvalue weighted by Crippen LogP contribution is 2.47. The van der Waals surface area contributed by atoms with Gasteiger partial charge in [0, 0.05) is 19.6 Å². The minimum absolute atomic E-state index is 0.317. The number of ether oxygens (including phenoxy) is 1. The van der Waals surface area contributed by atoms with Gasteiger partial charge in [0.25, 0.3) is 0 Å². The van der Waals surface area contributed by atoms with Gasteiger partial charge in [0.1, 0.15) is 0 Å². The van der Waals surface area contributed by atoms with E-state index >= 15 is 0 Å². The Morgan fingerprint density at radius 3 is 2.60 bits per heavy atom. The quantitative estimate of drug-likeness (QED) is 0.697. The Morgan fingerprint density at radius 2 is 2.07 bits per heavy atom. The van der Waals surface area contributed by atoms with Crippen molar-refractivity contribution in [3.05, 3.63) is 0 Å². The third kappa shape index (κ3) is 2.92. The Bertz CT molecular complexity index is 204. The molecule has 0 aromatic rings. The number of nitrogens with two attached hydrogens (primary N) is 1. The van der Waals surface area contributed by atoms with Crippen molar-refractivity contribution in [1.82, 2.24) is 5.32 Å². The second-order valence-corrected chi connectivity index (χ2v) is 5.18. The SMILES string of the molecule is CCC1(CNCC2CCC(CN)O2)CC1. The predicted octanol–water partition coefficient (Wildman–Crippen LogP) is 1.27. The normalized spacial score (nSPS) is 33.2. The Labute approximate surface area is 92.7 Å². The summed E-state index contributed by atoms with van der Waals surface area (Å²) in [4.78, 5) is 0. The van der Waals surface area contributed by atoms with Gasteiger partial charge in [-0.2, -0.15) is 0 Å². The molecule has 1 saturated carbocycles. The number of hydrogen-bond donors (Lipinski definition) is 2. The zero-order chi connectivity index (χ0) is 10.7. The van der Waals surface area contributed by atoms with E-state index in [9.17, 15) is 0 Å². The molecule has 1 aliphatic carbocycles. The molecule has 3 heteroatoms. The van der Waals surface area contributed by atoms with Crippen LogP contribution in [-0.2, 0) is 4.74 Å². The van der Waals surface area contributed by atoms with Crippen LogP contribution in [0.1, 0.15) is 39.0 Å². The molecular formula is C12H24N2O. The van der Waals surface area contributed by atoms with Gasteiger partial charge in [0.15, 0.2) is 0 Å². The summed E-state index contributed by atoms with van der Waals surface area (Å²) in [5, 5.41) is 3.56. The average Bonchev–Trinajstić information content (AvgIpc) is 2.89. The van der Waals surface area contributed by atoms with Crippen LogP contribution >= 0.6 is 0 Å². The fourth-order valence-corrected chi connectivity index (χ4v) is 2.43. The summed E-state index contributed by atoms with van der Waals surface area (Å²) in [5.74, 6) is 0. The van der Waals surface area contributed by atoms with Crippen molar-refractivity contribution in [3.63, 3.8) is 0 Å². The van der Waals surface area contributed by atoms with Crippen LogP contribution in [0.3, 0.4) is 0 Å². The first kappa shape index (κ1) is 11.4. The maximum Gasteiger partial charge on any atom is 0.0704 e. The summed E-state index contributed by atoms with van der Waals surface area (Å²) < 4.78 is 5.79. The van der Waals surface area contributed by atoms with Gasteiger partial charge in [0.2, 0.25) is 0 Å². The molecule has 3 nitrogen and oxygen atoms in total. The van der Waals surface area contributed by atoms with Gasteiger partial charge in [-0.15, -0.1) is 0 Å². The highest BCUT2D eigenvalue weighted by atomic mass is 16.5. The summed E-state index contributed by atoms with van der Waals surface area (Å²) in [6.07, 6.45) is 7.18. The van der Waals surface area contributed by atoms with Gasteiger partial charge in [-0.25, -0.2) is 0 Å². The lowest BCUT2D eigenvalue weighted by Crippen LogP contribution is -2.32. The van der Waals surface area contributed by atoms with Crippen molar-refractivity contribution < 1.29 is 4.74 Å². The number of hydrogen-bond acceptors (Lipinski definition) is 3. The Morgan fingerprint density at radius 1 is 1.33 bits per heavy atom. The fourth-order valence-electron chi connectivity index (χ4n) is 2.43. The van der Waals surface area contributed by atoms with Crippen molar-refractivity contribution in [3.8, 4) is 0 Å². The number of nitrogens with one attached hydrogen (secondary N) is 1. The van der Waals surface area contributed by atoms with E-state index in [2.05, 4.69) is 12.2 Å². The molecule has 2 atom stereocenters. The van der Waals surface area contributed by atoms with Crippen LogP contribution in [0, 0.1) is 5.41 Å². The third-order valence-electron chi connectivity index (χ3n) is 4.04. The predicted molar refractivity (Wildman–Crippen MR) is 61.8 cm³/mol. The molecule has 0 radical (unpaired) electrons. The number of rotatable bonds is 6. The van der Waals surface area contributed by atoms with Crippen molar-refractivity contribution >= 4 is 0 Å². The van der Waals surface area contributed by atoms with E-state index in [0.29, 0.717) is 24.2 Å². The summed E-state index contributed by atoms with van der Waals surface area (Å²) in [6, 6.07) is 0. The highest BCUT2D eigenvalue weighted by Gasteiger charge is 2.40. The topological polar surface area (TPSA) is 47.3 Å². The van der Waals surface area contributed by atoms with Gasteiger partial charge in [-0.05, 0) is 37.5 Å². The van der Waals surface area contributed by atoms with Crippen LogP contribution in [0.5, 0.6) is 0 Å². The van der Waals surface area contributed by atoms with E-state index in [1.54, 1.807) is 0 Å². The van der Waals surface area contributed by atoms with Crippen molar-refractivity contribution in [1.29, 1.82) is 0 Å². The largest absolute Gasteiger partial charge is 0.372 e. The molecule has 2 fully saturated rings. The monoisotopic (exact) mass is 212 g/mol. The smallest absolute Gasteiger partial charge is 0.0704 e. The minimum Gasteiger partial charge on any atom is -0.372 e. The molecule has 15 heavy (non-hydrogen) atoms. The summed E-state index contributed by atoms with van der Waals surface area (Å²) in [6.45, 7) is 5.16. The lowest BCUT2D eigenvalue weighted by molar-refractivity contribution is 0.0498. The van der Waals surface area contributed by atoms with Crippen LogP contribution in [0.15, 0.2) is 0 Å². The maximum absolute atomic E-state index is 5.79. The van der Waals surface area contributed by atoms with E-state index in [4.69, 9.17) is 10.5 Å². The van der Waals surface area contributed by atoms with Gasteiger partial charge in [-0.1, -0.05) is 6.92 Å². The second kappa shape index (κ2) is 4.81. The van der Waals surface area contributed by atoms with Gasteiger partial charge >= 0.3 is 0 Å². The molecule has 0 aromatic heterocycles. The molecule has 1 aliphatic heterocycles. The molecule has 2 rings (SSSR count). The average molecular weight is 212 g/mol. The first-order chi connectivity index (χ1) is 7.28. The van der Waals surface area contributed by atoms with Crippen LogP contribution in [-0.4, -0.2) is 31.8 Å². The van der Waals surface area contributed by atoms with E-state index < -0.39 is 0 Å². The molecule has 2 aliphatic rings. The molecule has 0 amide bonds.